The van der Waals surface area contributed by atoms with Crippen LogP contribution in [-0.2, 0) is 15.9 Å². The molecule has 1 spiro atoms. The minimum atomic E-state index is -0.0612. The highest BCUT2D eigenvalue weighted by Crippen LogP contribution is 2.54. The second-order valence-corrected chi connectivity index (χ2v) is 12.4. The average Bonchev–Trinajstić information content (AvgIpc) is 3.44. The maximum Gasteiger partial charge on any atom is 0.159 e. The topological polar surface area (TPSA) is 30.9 Å². The molecule has 0 unspecified atom stereocenters. The fourth-order valence-corrected chi connectivity index (χ4v) is 7.80. The molecule has 0 N–H and O–H groups in total. The van der Waals surface area contributed by atoms with Crippen LogP contribution in [0.2, 0.25) is 0 Å². The third kappa shape index (κ3) is 5.41. The summed E-state index contributed by atoms with van der Waals surface area (Å²) in [5.74, 6) is 2.37. The van der Waals surface area contributed by atoms with Gasteiger partial charge in [0.05, 0.1) is 6.61 Å². The van der Waals surface area contributed by atoms with Crippen LogP contribution < -0.4 is 9.64 Å². The summed E-state index contributed by atoms with van der Waals surface area (Å²) in [6.07, 6.45) is 8.12. The fourth-order valence-electron chi connectivity index (χ4n) is 7.80. The number of ether oxygens (including phenoxy) is 3. The molecule has 2 fully saturated rings. The standard InChI is InChI=1S/C36H45NO3/c1-4-5-21-40-31-16-18-33-28(22-31)13-17-32(26-9-7-6-8-10-26)34(33)27-11-14-30(15-12-27)37-20-19-36(25-37)23-29(24-36)35(38-2)39-3/h6-12,14-16,18,22,29,32,34-35H,4-5,13,17,19-21,23-25H2,1-3H3/t29?,32-,34+,36?/m1/s1. The molecule has 4 nitrogen and oxygen atoms in total. The van der Waals surface area contributed by atoms with Crippen LogP contribution in [-0.4, -0.2) is 40.2 Å². The van der Waals surface area contributed by atoms with Gasteiger partial charge in [0.1, 0.15) is 5.75 Å². The van der Waals surface area contributed by atoms with Crippen molar-refractivity contribution in [1.29, 1.82) is 0 Å². The summed E-state index contributed by atoms with van der Waals surface area (Å²) in [7, 11) is 3.52. The third-order valence-electron chi connectivity index (χ3n) is 9.87. The lowest BCUT2D eigenvalue weighted by Gasteiger charge is -2.47. The number of rotatable bonds is 10. The van der Waals surface area contributed by atoms with Gasteiger partial charge in [0, 0.05) is 44.8 Å². The minimum Gasteiger partial charge on any atom is -0.494 e. The molecule has 4 heteroatoms. The molecule has 0 aromatic heterocycles. The first kappa shape index (κ1) is 27.4. The highest BCUT2D eigenvalue weighted by molar-refractivity contribution is 5.53. The Balaban J connectivity index is 1.22. The summed E-state index contributed by atoms with van der Waals surface area (Å²) in [5.41, 5.74) is 7.54. The number of hydrogen-bond acceptors (Lipinski definition) is 4. The van der Waals surface area contributed by atoms with Crippen molar-refractivity contribution in [1.82, 2.24) is 0 Å². The zero-order valence-electron chi connectivity index (χ0n) is 24.5. The van der Waals surface area contributed by atoms with Crippen molar-refractivity contribution in [3.8, 4) is 5.75 Å². The molecule has 3 aromatic carbocycles. The second kappa shape index (κ2) is 12.0. The Labute approximate surface area is 240 Å². The van der Waals surface area contributed by atoms with Crippen molar-refractivity contribution < 1.29 is 14.2 Å². The van der Waals surface area contributed by atoms with Gasteiger partial charge in [0.25, 0.3) is 0 Å². The van der Waals surface area contributed by atoms with Gasteiger partial charge < -0.3 is 19.1 Å². The molecule has 1 aliphatic heterocycles. The van der Waals surface area contributed by atoms with E-state index in [1.54, 1.807) is 14.2 Å². The van der Waals surface area contributed by atoms with E-state index in [4.69, 9.17) is 14.2 Å². The Morgan fingerprint density at radius 3 is 2.42 bits per heavy atom. The van der Waals surface area contributed by atoms with E-state index >= 15 is 0 Å². The van der Waals surface area contributed by atoms with E-state index in [2.05, 4.69) is 84.6 Å². The molecule has 6 rings (SSSR count). The highest BCUT2D eigenvalue weighted by atomic mass is 16.7. The van der Waals surface area contributed by atoms with Crippen molar-refractivity contribution in [3.63, 3.8) is 0 Å². The molecular weight excluding hydrogens is 494 g/mol. The van der Waals surface area contributed by atoms with E-state index < -0.39 is 0 Å². The molecule has 40 heavy (non-hydrogen) atoms. The van der Waals surface area contributed by atoms with Gasteiger partial charge in [0.2, 0.25) is 0 Å². The van der Waals surface area contributed by atoms with Gasteiger partial charge >= 0.3 is 0 Å². The monoisotopic (exact) mass is 539 g/mol. The molecule has 3 aromatic rings. The van der Waals surface area contributed by atoms with Gasteiger partial charge in [-0.25, -0.2) is 0 Å². The lowest BCUT2D eigenvalue weighted by Crippen LogP contribution is -2.45. The largest absolute Gasteiger partial charge is 0.494 e. The molecule has 3 aliphatic rings. The molecule has 1 saturated heterocycles. The van der Waals surface area contributed by atoms with E-state index in [1.807, 2.05) is 0 Å². The highest BCUT2D eigenvalue weighted by Gasteiger charge is 2.51. The summed E-state index contributed by atoms with van der Waals surface area (Å²) in [6.45, 7) is 5.28. The van der Waals surface area contributed by atoms with E-state index in [0.29, 0.717) is 23.2 Å². The number of anilines is 1. The van der Waals surface area contributed by atoms with E-state index in [-0.39, 0.29) is 6.29 Å². The first-order valence-electron chi connectivity index (χ1n) is 15.3. The summed E-state index contributed by atoms with van der Waals surface area (Å²) >= 11 is 0. The SMILES string of the molecule is CCCCOc1ccc2c(c1)CC[C@H](c1ccccc1)[C@@H]2c1ccc(N2CCC3(CC(C(OC)OC)C3)C2)cc1. The summed E-state index contributed by atoms with van der Waals surface area (Å²) in [6, 6.07) is 27.5. The summed E-state index contributed by atoms with van der Waals surface area (Å²) < 4.78 is 17.2. The number of fused-ring (bicyclic) bond motifs is 1. The first-order chi connectivity index (χ1) is 19.6. The third-order valence-corrected chi connectivity index (χ3v) is 9.87. The van der Waals surface area contributed by atoms with Crippen LogP contribution in [0, 0.1) is 11.3 Å². The molecule has 2 atom stereocenters. The Morgan fingerprint density at radius 2 is 1.70 bits per heavy atom. The smallest absolute Gasteiger partial charge is 0.159 e. The van der Waals surface area contributed by atoms with E-state index in [1.165, 1.54) is 47.2 Å². The zero-order valence-corrected chi connectivity index (χ0v) is 24.5. The van der Waals surface area contributed by atoms with Crippen molar-refractivity contribution in [3.05, 3.63) is 95.1 Å². The fraction of sp³-hybridized carbons (Fsp3) is 0.500. The quantitative estimate of drug-likeness (QED) is 0.193. The minimum absolute atomic E-state index is 0.0612. The molecular formula is C36H45NO3. The Kier molecular flexibility index (Phi) is 8.18. The molecule has 1 heterocycles. The number of hydrogen-bond donors (Lipinski definition) is 0. The number of aryl methyl sites for hydroxylation is 1. The predicted molar refractivity (Wildman–Crippen MR) is 162 cm³/mol. The molecule has 0 amide bonds. The van der Waals surface area contributed by atoms with Crippen LogP contribution in [0.25, 0.3) is 0 Å². The maximum atomic E-state index is 6.08. The van der Waals surface area contributed by atoms with Crippen LogP contribution in [0.3, 0.4) is 0 Å². The van der Waals surface area contributed by atoms with Crippen molar-refractivity contribution in [2.75, 3.05) is 38.8 Å². The van der Waals surface area contributed by atoms with Crippen LogP contribution in [0.4, 0.5) is 5.69 Å². The van der Waals surface area contributed by atoms with Gasteiger partial charge in [-0.1, -0.05) is 61.9 Å². The lowest BCUT2D eigenvalue weighted by molar-refractivity contribution is -0.177. The normalized spacial score (nSPS) is 25.7. The number of methoxy groups -OCH3 is 2. The lowest BCUT2D eigenvalue weighted by atomic mass is 9.61. The predicted octanol–water partition coefficient (Wildman–Crippen LogP) is 7.95. The summed E-state index contributed by atoms with van der Waals surface area (Å²) in [4.78, 5) is 2.60. The Hall–Kier alpha value is -2.82. The molecule has 0 radical (unpaired) electrons. The van der Waals surface area contributed by atoms with Crippen LogP contribution in [0.1, 0.15) is 79.5 Å². The van der Waals surface area contributed by atoms with Crippen LogP contribution >= 0.6 is 0 Å². The van der Waals surface area contributed by atoms with Gasteiger partial charge in [-0.15, -0.1) is 0 Å². The zero-order chi connectivity index (χ0) is 27.5. The van der Waals surface area contributed by atoms with Gasteiger partial charge in [0.15, 0.2) is 6.29 Å². The van der Waals surface area contributed by atoms with Gasteiger partial charge in [-0.3, -0.25) is 0 Å². The molecule has 212 valence electrons. The number of unbranched alkanes of at least 4 members (excludes halogenated alkanes) is 1. The number of benzene rings is 3. The maximum absolute atomic E-state index is 6.08. The van der Waals surface area contributed by atoms with Crippen molar-refractivity contribution in [2.24, 2.45) is 11.3 Å². The summed E-state index contributed by atoms with van der Waals surface area (Å²) in [5, 5.41) is 0. The average molecular weight is 540 g/mol. The number of nitrogens with zero attached hydrogens (tertiary/aromatic N) is 1. The molecule has 2 aliphatic carbocycles. The Bertz CT molecular complexity index is 1250. The van der Waals surface area contributed by atoms with Gasteiger partial charge in [-0.2, -0.15) is 0 Å². The first-order valence-corrected chi connectivity index (χ1v) is 15.3. The van der Waals surface area contributed by atoms with Crippen molar-refractivity contribution in [2.45, 2.75) is 70.0 Å². The molecule has 0 bridgehead atoms. The van der Waals surface area contributed by atoms with E-state index in [0.717, 1.165) is 51.1 Å². The van der Waals surface area contributed by atoms with Gasteiger partial charge in [-0.05, 0) is 96.4 Å². The van der Waals surface area contributed by atoms with E-state index in [9.17, 15) is 0 Å². The van der Waals surface area contributed by atoms with Crippen LogP contribution in [0.5, 0.6) is 5.75 Å². The molecule has 1 saturated carbocycles. The van der Waals surface area contributed by atoms with Crippen molar-refractivity contribution >= 4 is 5.69 Å². The Morgan fingerprint density at radius 1 is 0.925 bits per heavy atom. The van der Waals surface area contributed by atoms with Crippen LogP contribution in [0.15, 0.2) is 72.8 Å². The second-order valence-electron chi connectivity index (χ2n) is 12.4.